The SMILES string of the molecule is CCN(Cc1ccc(Cl)s1)C(=O)CCc1ccc2c(c1)OCO2. The van der Waals surface area contributed by atoms with Crippen LogP contribution in [0.3, 0.4) is 0 Å². The van der Waals surface area contributed by atoms with E-state index < -0.39 is 0 Å². The molecule has 0 unspecified atom stereocenters. The van der Waals surface area contributed by atoms with E-state index in [0.29, 0.717) is 25.9 Å². The van der Waals surface area contributed by atoms with Crippen LogP contribution in [0.5, 0.6) is 11.5 Å². The Hall–Kier alpha value is -1.72. The van der Waals surface area contributed by atoms with Gasteiger partial charge in [0.05, 0.1) is 10.9 Å². The zero-order valence-electron chi connectivity index (χ0n) is 12.9. The van der Waals surface area contributed by atoms with E-state index in [-0.39, 0.29) is 12.7 Å². The molecule has 0 bridgehead atoms. The molecule has 1 aromatic carbocycles. The number of halogens is 1. The molecule has 1 amide bonds. The number of nitrogens with zero attached hydrogens (tertiary/aromatic N) is 1. The molecule has 0 radical (unpaired) electrons. The number of amides is 1. The molecule has 0 aliphatic carbocycles. The van der Waals surface area contributed by atoms with Gasteiger partial charge in [0.2, 0.25) is 12.7 Å². The molecule has 4 nitrogen and oxygen atoms in total. The Morgan fingerprint density at radius 2 is 2.09 bits per heavy atom. The van der Waals surface area contributed by atoms with Crippen LogP contribution in [0, 0.1) is 0 Å². The fraction of sp³-hybridized carbons (Fsp3) is 0.353. The minimum absolute atomic E-state index is 0.148. The first-order valence-electron chi connectivity index (χ1n) is 7.56. The third-order valence-corrected chi connectivity index (χ3v) is 4.99. The van der Waals surface area contributed by atoms with E-state index in [9.17, 15) is 4.79 Å². The average Bonchev–Trinajstić information content (AvgIpc) is 3.18. The quantitative estimate of drug-likeness (QED) is 0.786. The second kappa shape index (κ2) is 7.23. The molecule has 3 rings (SSSR count). The molecule has 1 aliphatic rings. The molecule has 0 saturated heterocycles. The normalized spacial score (nSPS) is 12.4. The summed E-state index contributed by atoms with van der Waals surface area (Å²) in [6.45, 7) is 3.57. The lowest BCUT2D eigenvalue weighted by atomic mass is 10.1. The van der Waals surface area contributed by atoms with Gasteiger partial charge in [-0.2, -0.15) is 0 Å². The molecule has 122 valence electrons. The number of hydrogen-bond donors (Lipinski definition) is 0. The molecule has 23 heavy (non-hydrogen) atoms. The van der Waals surface area contributed by atoms with Crippen molar-refractivity contribution in [2.45, 2.75) is 26.3 Å². The van der Waals surface area contributed by atoms with Gasteiger partial charge < -0.3 is 14.4 Å². The Kier molecular flexibility index (Phi) is 5.08. The van der Waals surface area contributed by atoms with Crippen molar-refractivity contribution in [3.8, 4) is 11.5 Å². The zero-order chi connectivity index (χ0) is 16.2. The van der Waals surface area contributed by atoms with E-state index in [4.69, 9.17) is 21.1 Å². The van der Waals surface area contributed by atoms with Crippen LogP contribution in [-0.2, 0) is 17.8 Å². The van der Waals surface area contributed by atoms with Crippen molar-refractivity contribution in [1.82, 2.24) is 4.90 Å². The fourth-order valence-electron chi connectivity index (χ4n) is 2.51. The van der Waals surface area contributed by atoms with Crippen LogP contribution in [0.1, 0.15) is 23.8 Å². The molecule has 0 fully saturated rings. The standard InChI is InChI=1S/C17H18ClNO3S/c1-2-19(10-13-5-7-16(18)23-13)17(20)8-4-12-3-6-14-15(9-12)22-11-21-14/h3,5-7,9H,2,4,8,10-11H2,1H3. The van der Waals surface area contributed by atoms with E-state index in [1.54, 1.807) is 0 Å². The number of carbonyl (C=O) groups is 1. The minimum atomic E-state index is 0.148. The summed E-state index contributed by atoms with van der Waals surface area (Å²) in [7, 11) is 0. The van der Waals surface area contributed by atoms with E-state index in [0.717, 1.165) is 26.3 Å². The van der Waals surface area contributed by atoms with Crippen LogP contribution in [0.2, 0.25) is 4.34 Å². The number of hydrogen-bond acceptors (Lipinski definition) is 4. The van der Waals surface area contributed by atoms with Crippen molar-refractivity contribution < 1.29 is 14.3 Å². The van der Waals surface area contributed by atoms with E-state index in [1.807, 2.05) is 42.2 Å². The highest BCUT2D eigenvalue weighted by molar-refractivity contribution is 7.16. The molecule has 0 saturated carbocycles. The highest BCUT2D eigenvalue weighted by Gasteiger charge is 2.16. The third-order valence-electron chi connectivity index (χ3n) is 3.77. The van der Waals surface area contributed by atoms with Crippen molar-refractivity contribution in [2.24, 2.45) is 0 Å². The second-order valence-electron chi connectivity index (χ2n) is 5.30. The van der Waals surface area contributed by atoms with Crippen molar-refractivity contribution in [3.63, 3.8) is 0 Å². The summed E-state index contributed by atoms with van der Waals surface area (Å²) in [6.07, 6.45) is 1.17. The van der Waals surface area contributed by atoms with Crippen molar-refractivity contribution >= 4 is 28.8 Å². The van der Waals surface area contributed by atoms with Crippen LogP contribution in [0.4, 0.5) is 0 Å². The summed E-state index contributed by atoms with van der Waals surface area (Å²) >= 11 is 7.47. The molecule has 0 N–H and O–H groups in total. The number of thiophene rings is 1. The van der Waals surface area contributed by atoms with Crippen LogP contribution in [0.25, 0.3) is 0 Å². The van der Waals surface area contributed by atoms with E-state index >= 15 is 0 Å². The first-order valence-corrected chi connectivity index (χ1v) is 8.75. The second-order valence-corrected chi connectivity index (χ2v) is 7.10. The third kappa shape index (κ3) is 3.98. The van der Waals surface area contributed by atoms with E-state index in [1.165, 1.54) is 11.3 Å². The minimum Gasteiger partial charge on any atom is -0.454 e. The summed E-state index contributed by atoms with van der Waals surface area (Å²) in [5.41, 5.74) is 1.08. The van der Waals surface area contributed by atoms with Gasteiger partial charge in [-0.05, 0) is 43.2 Å². The Morgan fingerprint density at radius 1 is 1.26 bits per heavy atom. The van der Waals surface area contributed by atoms with Crippen LogP contribution < -0.4 is 9.47 Å². The van der Waals surface area contributed by atoms with E-state index in [2.05, 4.69) is 0 Å². The summed E-state index contributed by atoms with van der Waals surface area (Å²) in [4.78, 5) is 15.4. The van der Waals surface area contributed by atoms with Gasteiger partial charge in [-0.3, -0.25) is 4.79 Å². The zero-order valence-corrected chi connectivity index (χ0v) is 14.5. The van der Waals surface area contributed by atoms with Gasteiger partial charge in [-0.1, -0.05) is 17.7 Å². The molecular weight excluding hydrogens is 334 g/mol. The summed E-state index contributed by atoms with van der Waals surface area (Å²) in [5, 5.41) is 0. The molecule has 2 aromatic rings. The van der Waals surface area contributed by atoms with Gasteiger partial charge >= 0.3 is 0 Å². The molecule has 1 aromatic heterocycles. The molecule has 6 heteroatoms. The van der Waals surface area contributed by atoms with Crippen LogP contribution in [-0.4, -0.2) is 24.1 Å². The van der Waals surface area contributed by atoms with Crippen molar-refractivity contribution in [3.05, 3.63) is 45.1 Å². The highest BCUT2D eigenvalue weighted by atomic mass is 35.5. The number of ether oxygens (including phenoxy) is 2. The molecular formula is C17H18ClNO3S. The highest BCUT2D eigenvalue weighted by Crippen LogP contribution is 2.32. The lowest BCUT2D eigenvalue weighted by molar-refractivity contribution is -0.131. The smallest absolute Gasteiger partial charge is 0.231 e. The first-order chi connectivity index (χ1) is 11.2. The van der Waals surface area contributed by atoms with Gasteiger partial charge in [0.25, 0.3) is 0 Å². The van der Waals surface area contributed by atoms with Gasteiger partial charge in [0.1, 0.15) is 0 Å². The average molecular weight is 352 g/mol. The lowest BCUT2D eigenvalue weighted by Crippen LogP contribution is -2.30. The number of carbonyl (C=O) groups excluding carboxylic acids is 1. The Balaban J connectivity index is 1.57. The summed E-state index contributed by atoms with van der Waals surface area (Å²) in [6, 6.07) is 9.67. The first kappa shape index (κ1) is 16.1. The maximum atomic E-state index is 12.4. The number of aryl methyl sites for hydroxylation is 1. The predicted molar refractivity (Wildman–Crippen MR) is 91.3 cm³/mol. The van der Waals surface area contributed by atoms with Crippen LogP contribution in [0.15, 0.2) is 30.3 Å². The molecule has 2 heterocycles. The Morgan fingerprint density at radius 3 is 2.83 bits per heavy atom. The largest absolute Gasteiger partial charge is 0.454 e. The predicted octanol–water partition coefficient (Wildman–Crippen LogP) is 4.11. The number of rotatable bonds is 6. The van der Waals surface area contributed by atoms with Crippen molar-refractivity contribution in [1.29, 1.82) is 0 Å². The van der Waals surface area contributed by atoms with Crippen LogP contribution >= 0.6 is 22.9 Å². The molecule has 0 spiro atoms. The Bertz CT molecular complexity index is 701. The fourth-order valence-corrected chi connectivity index (χ4v) is 3.61. The topological polar surface area (TPSA) is 38.8 Å². The molecule has 1 aliphatic heterocycles. The van der Waals surface area contributed by atoms with Crippen molar-refractivity contribution in [2.75, 3.05) is 13.3 Å². The monoisotopic (exact) mass is 351 g/mol. The van der Waals surface area contributed by atoms with Gasteiger partial charge in [-0.15, -0.1) is 11.3 Å². The summed E-state index contributed by atoms with van der Waals surface area (Å²) in [5.74, 6) is 1.68. The number of fused-ring (bicyclic) bond motifs is 1. The van der Waals surface area contributed by atoms with Gasteiger partial charge in [0, 0.05) is 17.8 Å². The number of benzene rings is 1. The maximum absolute atomic E-state index is 12.4. The molecule has 0 atom stereocenters. The van der Waals surface area contributed by atoms with Gasteiger partial charge in [0.15, 0.2) is 11.5 Å². The lowest BCUT2D eigenvalue weighted by Gasteiger charge is -2.20. The maximum Gasteiger partial charge on any atom is 0.231 e. The Labute approximate surface area is 144 Å². The van der Waals surface area contributed by atoms with Gasteiger partial charge in [-0.25, -0.2) is 0 Å². The summed E-state index contributed by atoms with van der Waals surface area (Å²) < 4.78 is 11.4.